The molecule has 3 aromatic rings. The molecule has 1 unspecified atom stereocenters. The highest BCUT2D eigenvalue weighted by Crippen LogP contribution is 2.23. The first kappa shape index (κ1) is 21.0. The van der Waals surface area contributed by atoms with Crippen LogP contribution in [0.1, 0.15) is 45.1 Å². The van der Waals surface area contributed by atoms with Crippen molar-refractivity contribution in [3.05, 3.63) is 66.5 Å². The normalized spacial score (nSPS) is 12.0. The average molecular weight is 393 g/mol. The van der Waals surface area contributed by atoms with Crippen LogP contribution in [0.4, 0.5) is 4.39 Å². The van der Waals surface area contributed by atoms with Crippen LogP contribution in [-0.2, 0) is 6.42 Å². The maximum atomic E-state index is 13.3. The molecule has 1 atom stereocenters. The van der Waals surface area contributed by atoms with E-state index in [9.17, 15) is 4.39 Å². The molecule has 0 fully saturated rings. The van der Waals surface area contributed by atoms with Gasteiger partial charge in [-0.15, -0.1) is 0 Å². The van der Waals surface area contributed by atoms with Gasteiger partial charge in [0.15, 0.2) is 5.82 Å². The number of aromatic nitrogens is 2. The molecule has 4 heteroatoms. The predicted molar refractivity (Wildman–Crippen MR) is 117 cm³/mol. The van der Waals surface area contributed by atoms with Gasteiger partial charge >= 0.3 is 0 Å². The van der Waals surface area contributed by atoms with Gasteiger partial charge in [0.2, 0.25) is 0 Å². The minimum Gasteiger partial charge on any atom is -0.491 e. The highest BCUT2D eigenvalue weighted by Gasteiger charge is 2.06. The number of benzene rings is 2. The number of alkyl halides is 1. The minimum absolute atomic E-state index is 0.0818. The zero-order valence-electron chi connectivity index (χ0n) is 17.3. The highest BCUT2D eigenvalue weighted by molar-refractivity contribution is 5.64. The van der Waals surface area contributed by atoms with E-state index < -0.39 is 6.17 Å². The third kappa shape index (κ3) is 6.11. The van der Waals surface area contributed by atoms with Crippen molar-refractivity contribution < 1.29 is 9.13 Å². The Kier molecular flexibility index (Phi) is 7.74. The zero-order valence-corrected chi connectivity index (χ0v) is 17.3. The van der Waals surface area contributed by atoms with Gasteiger partial charge in [-0.3, -0.25) is 0 Å². The molecule has 0 aliphatic carbocycles. The van der Waals surface area contributed by atoms with Gasteiger partial charge in [-0.05, 0) is 54.7 Å². The van der Waals surface area contributed by atoms with Crippen LogP contribution in [0.25, 0.3) is 22.5 Å². The molecule has 0 spiro atoms. The molecule has 152 valence electrons. The molecule has 0 bridgehead atoms. The fraction of sp³-hybridized carbons (Fsp3) is 0.360. The van der Waals surface area contributed by atoms with Crippen molar-refractivity contribution in [2.45, 2.75) is 52.1 Å². The van der Waals surface area contributed by atoms with Crippen molar-refractivity contribution in [3.8, 4) is 28.3 Å². The number of hydrogen-bond donors (Lipinski definition) is 0. The lowest BCUT2D eigenvalue weighted by atomic mass is 10.0. The number of aryl methyl sites for hydroxylation is 1. The minimum atomic E-state index is -0.934. The Hall–Kier alpha value is -2.75. The standard InChI is InChI=1S/C25H29FN2O/c1-3-5-6-7-19-8-10-20(11-9-19)22-16-27-25(28-17-22)21-12-14-24(15-13-21)29-18-23(26)4-2/h8-17,23H,3-7,18H2,1-2H3. The molecular weight excluding hydrogens is 363 g/mol. The summed E-state index contributed by atoms with van der Waals surface area (Å²) < 4.78 is 18.7. The number of halogens is 1. The molecular formula is C25H29FN2O. The molecule has 29 heavy (non-hydrogen) atoms. The summed E-state index contributed by atoms with van der Waals surface area (Å²) in [7, 11) is 0. The van der Waals surface area contributed by atoms with Gasteiger partial charge in [0.25, 0.3) is 0 Å². The first-order valence-corrected chi connectivity index (χ1v) is 10.5. The second kappa shape index (κ2) is 10.7. The predicted octanol–water partition coefficient (Wildman–Crippen LogP) is 6.67. The van der Waals surface area contributed by atoms with E-state index in [-0.39, 0.29) is 6.61 Å². The number of hydrogen-bond acceptors (Lipinski definition) is 3. The topological polar surface area (TPSA) is 35.0 Å². The Morgan fingerprint density at radius 2 is 1.48 bits per heavy atom. The summed E-state index contributed by atoms with van der Waals surface area (Å²) >= 11 is 0. The third-order valence-electron chi connectivity index (χ3n) is 4.99. The molecule has 3 nitrogen and oxygen atoms in total. The van der Waals surface area contributed by atoms with Crippen LogP contribution < -0.4 is 4.74 Å². The van der Waals surface area contributed by atoms with Crippen LogP contribution in [0, 0.1) is 0 Å². The fourth-order valence-electron chi connectivity index (χ4n) is 3.07. The number of nitrogens with zero attached hydrogens (tertiary/aromatic N) is 2. The average Bonchev–Trinajstić information content (AvgIpc) is 2.78. The van der Waals surface area contributed by atoms with Crippen LogP contribution in [0.2, 0.25) is 0 Å². The van der Waals surface area contributed by atoms with Crippen molar-refractivity contribution in [2.75, 3.05) is 6.61 Å². The van der Waals surface area contributed by atoms with Gasteiger partial charge in [0, 0.05) is 23.5 Å². The van der Waals surface area contributed by atoms with Crippen molar-refractivity contribution in [2.24, 2.45) is 0 Å². The van der Waals surface area contributed by atoms with Gasteiger partial charge in [-0.2, -0.15) is 0 Å². The lowest BCUT2D eigenvalue weighted by Gasteiger charge is -2.09. The quantitative estimate of drug-likeness (QED) is 0.361. The monoisotopic (exact) mass is 392 g/mol. The largest absolute Gasteiger partial charge is 0.491 e. The van der Waals surface area contributed by atoms with E-state index in [1.54, 1.807) is 6.92 Å². The molecule has 1 heterocycles. The summed E-state index contributed by atoms with van der Waals surface area (Å²) in [6.07, 6.45) is 8.13. The van der Waals surface area contributed by atoms with E-state index in [2.05, 4.69) is 41.2 Å². The molecule has 3 rings (SSSR count). The molecule has 0 saturated carbocycles. The molecule has 1 aromatic heterocycles. The van der Waals surface area contributed by atoms with E-state index in [1.165, 1.54) is 24.8 Å². The molecule has 2 aromatic carbocycles. The highest BCUT2D eigenvalue weighted by atomic mass is 19.1. The Balaban J connectivity index is 1.62. The maximum absolute atomic E-state index is 13.3. The van der Waals surface area contributed by atoms with Gasteiger partial charge in [-0.25, -0.2) is 14.4 Å². The first-order valence-electron chi connectivity index (χ1n) is 10.5. The van der Waals surface area contributed by atoms with E-state index in [0.717, 1.165) is 23.1 Å². The molecule has 0 N–H and O–H groups in total. The van der Waals surface area contributed by atoms with E-state index in [1.807, 2.05) is 36.7 Å². The number of unbranched alkanes of at least 4 members (excludes halogenated alkanes) is 2. The van der Waals surface area contributed by atoms with E-state index in [0.29, 0.717) is 18.0 Å². The SMILES string of the molecule is CCCCCc1ccc(-c2cnc(-c3ccc(OCC(F)CC)cc3)nc2)cc1. The maximum Gasteiger partial charge on any atom is 0.159 e. The Morgan fingerprint density at radius 1 is 0.828 bits per heavy atom. The van der Waals surface area contributed by atoms with Crippen molar-refractivity contribution in [1.82, 2.24) is 9.97 Å². The van der Waals surface area contributed by atoms with Crippen LogP contribution in [0.3, 0.4) is 0 Å². The summed E-state index contributed by atoms with van der Waals surface area (Å²) in [5, 5.41) is 0. The number of ether oxygens (including phenoxy) is 1. The third-order valence-corrected chi connectivity index (χ3v) is 4.99. The second-order valence-electron chi connectivity index (χ2n) is 7.29. The lowest BCUT2D eigenvalue weighted by Crippen LogP contribution is -2.11. The molecule has 0 aliphatic heterocycles. The van der Waals surface area contributed by atoms with E-state index in [4.69, 9.17) is 4.74 Å². The molecule has 0 radical (unpaired) electrons. The first-order chi connectivity index (χ1) is 14.2. The molecule has 0 aliphatic rings. The molecule has 0 amide bonds. The molecule has 0 saturated heterocycles. The summed E-state index contributed by atoms with van der Waals surface area (Å²) in [4.78, 5) is 9.03. The van der Waals surface area contributed by atoms with Gasteiger partial charge in [0.05, 0.1) is 0 Å². The zero-order chi connectivity index (χ0) is 20.5. The van der Waals surface area contributed by atoms with Crippen LogP contribution in [-0.4, -0.2) is 22.7 Å². The van der Waals surface area contributed by atoms with Crippen LogP contribution in [0.5, 0.6) is 5.75 Å². The van der Waals surface area contributed by atoms with Gasteiger partial charge in [0.1, 0.15) is 18.5 Å². The summed E-state index contributed by atoms with van der Waals surface area (Å²) in [5.74, 6) is 1.31. The second-order valence-corrected chi connectivity index (χ2v) is 7.29. The van der Waals surface area contributed by atoms with Gasteiger partial charge < -0.3 is 4.74 Å². The van der Waals surface area contributed by atoms with Crippen molar-refractivity contribution in [1.29, 1.82) is 0 Å². The van der Waals surface area contributed by atoms with Crippen molar-refractivity contribution in [3.63, 3.8) is 0 Å². The summed E-state index contributed by atoms with van der Waals surface area (Å²) in [6.45, 7) is 4.11. The number of rotatable bonds is 10. The van der Waals surface area contributed by atoms with Crippen molar-refractivity contribution >= 4 is 0 Å². The van der Waals surface area contributed by atoms with Crippen LogP contribution >= 0.6 is 0 Å². The summed E-state index contributed by atoms with van der Waals surface area (Å²) in [5.41, 5.74) is 4.40. The Bertz CT molecular complexity index is 861. The smallest absolute Gasteiger partial charge is 0.159 e. The van der Waals surface area contributed by atoms with E-state index >= 15 is 0 Å². The summed E-state index contributed by atoms with van der Waals surface area (Å²) in [6, 6.07) is 16.1. The lowest BCUT2D eigenvalue weighted by molar-refractivity contribution is 0.192. The van der Waals surface area contributed by atoms with Gasteiger partial charge in [-0.1, -0.05) is 51.0 Å². The van der Waals surface area contributed by atoms with Crippen LogP contribution in [0.15, 0.2) is 60.9 Å². The Labute approximate surface area is 173 Å². The fourth-order valence-corrected chi connectivity index (χ4v) is 3.07. The Morgan fingerprint density at radius 3 is 2.10 bits per heavy atom.